The third kappa shape index (κ3) is 1.60. The first-order chi connectivity index (χ1) is 6.29. The van der Waals surface area contributed by atoms with Gasteiger partial charge in [-0.05, 0) is 11.6 Å². The Balaban J connectivity index is 2.66. The molecule has 0 amide bonds. The Kier molecular flexibility index (Phi) is 2.10. The Morgan fingerprint density at radius 1 is 1.31 bits per heavy atom. The van der Waals surface area contributed by atoms with Crippen LogP contribution in [0.1, 0.15) is 5.56 Å². The van der Waals surface area contributed by atoms with E-state index in [0.717, 1.165) is 16.3 Å². The number of alkyl halides is 1. The van der Waals surface area contributed by atoms with Crippen molar-refractivity contribution in [1.82, 2.24) is 15.0 Å². The minimum Gasteiger partial charge on any atom is -0.368 e. The summed E-state index contributed by atoms with van der Waals surface area (Å²) >= 11 is 3.35. The lowest BCUT2D eigenvalue weighted by Gasteiger charge is -1.98. The fraction of sp³-hybridized carbons (Fsp3) is 0.125. The normalized spacial score (nSPS) is 10.5. The van der Waals surface area contributed by atoms with E-state index in [1.54, 1.807) is 12.4 Å². The van der Waals surface area contributed by atoms with Gasteiger partial charge in [-0.3, -0.25) is 0 Å². The monoisotopic (exact) mass is 238 g/mol. The number of anilines is 1. The van der Waals surface area contributed by atoms with Gasteiger partial charge in [0.2, 0.25) is 5.95 Å². The smallest absolute Gasteiger partial charge is 0.222 e. The molecule has 0 aliphatic heterocycles. The molecule has 0 aliphatic carbocycles. The zero-order chi connectivity index (χ0) is 9.26. The number of halogens is 1. The maximum absolute atomic E-state index is 5.42. The van der Waals surface area contributed by atoms with Gasteiger partial charge in [-0.2, -0.15) is 4.98 Å². The van der Waals surface area contributed by atoms with Crippen LogP contribution in [0.4, 0.5) is 5.95 Å². The predicted octanol–water partition coefficient (Wildman–Crippen LogP) is 1.50. The maximum Gasteiger partial charge on any atom is 0.222 e. The largest absolute Gasteiger partial charge is 0.368 e. The van der Waals surface area contributed by atoms with Gasteiger partial charge in [0.25, 0.3) is 0 Å². The molecule has 0 spiro atoms. The van der Waals surface area contributed by atoms with E-state index in [9.17, 15) is 0 Å². The molecule has 5 heteroatoms. The Morgan fingerprint density at radius 2 is 2.15 bits per heavy atom. The van der Waals surface area contributed by atoms with E-state index in [1.165, 1.54) is 0 Å². The molecule has 0 saturated carbocycles. The van der Waals surface area contributed by atoms with E-state index in [2.05, 4.69) is 30.9 Å². The molecule has 0 unspecified atom stereocenters. The summed E-state index contributed by atoms with van der Waals surface area (Å²) in [4.78, 5) is 12.0. The van der Waals surface area contributed by atoms with Crippen LogP contribution in [0, 0.1) is 0 Å². The summed E-state index contributed by atoms with van der Waals surface area (Å²) in [5.74, 6) is 0.256. The van der Waals surface area contributed by atoms with Gasteiger partial charge in [0.15, 0.2) is 5.65 Å². The van der Waals surface area contributed by atoms with Gasteiger partial charge in [0, 0.05) is 23.1 Å². The van der Waals surface area contributed by atoms with Crippen molar-refractivity contribution in [1.29, 1.82) is 0 Å². The minimum atomic E-state index is 0.256. The van der Waals surface area contributed by atoms with Crippen LogP contribution in [0.3, 0.4) is 0 Å². The van der Waals surface area contributed by atoms with Gasteiger partial charge >= 0.3 is 0 Å². The molecule has 0 bridgehead atoms. The standard InChI is InChI=1S/C8H7BrN4/c9-2-5-1-6-4-12-8(10)13-7(6)11-3-5/h1,3-4H,2H2,(H2,10,11,12,13). The molecule has 0 aromatic carbocycles. The molecule has 2 rings (SSSR count). The van der Waals surface area contributed by atoms with Crippen molar-refractivity contribution in [2.45, 2.75) is 5.33 Å². The van der Waals surface area contributed by atoms with Crippen molar-refractivity contribution in [2.24, 2.45) is 0 Å². The number of nitrogens with zero attached hydrogens (tertiary/aromatic N) is 3. The van der Waals surface area contributed by atoms with Crippen molar-refractivity contribution in [3.63, 3.8) is 0 Å². The molecule has 0 fully saturated rings. The van der Waals surface area contributed by atoms with Crippen LogP contribution in [0.5, 0.6) is 0 Å². The molecule has 13 heavy (non-hydrogen) atoms. The molecular formula is C8H7BrN4. The van der Waals surface area contributed by atoms with Crippen LogP contribution in [-0.4, -0.2) is 15.0 Å². The lowest BCUT2D eigenvalue weighted by molar-refractivity contribution is 1.18. The summed E-state index contributed by atoms with van der Waals surface area (Å²) in [6, 6.07) is 1.98. The fourth-order valence-corrected chi connectivity index (χ4v) is 1.36. The molecule has 0 aliphatic rings. The van der Waals surface area contributed by atoms with Crippen molar-refractivity contribution in [2.75, 3.05) is 5.73 Å². The van der Waals surface area contributed by atoms with E-state index < -0.39 is 0 Å². The molecule has 0 radical (unpaired) electrons. The van der Waals surface area contributed by atoms with Gasteiger partial charge in [0.05, 0.1) is 0 Å². The van der Waals surface area contributed by atoms with Crippen molar-refractivity contribution >= 4 is 32.9 Å². The molecule has 2 heterocycles. The highest BCUT2D eigenvalue weighted by atomic mass is 79.9. The fourth-order valence-electron chi connectivity index (χ4n) is 1.05. The zero-order valence-corrected chi connectivity index (χ0v) is 8.32. The van der Waals surface area contributed by atoms with Crippen LogP contribution in [0.2, 0.25) is 0 Å². The average Bonchev–Trinajstić information content (AvgIpc) is 2.17. The van der Waals surface area contributed by atoms with Crippen LogP contribution in [0.15, 0.2) is 18.5 Å². The van der Waals surface area contributed by atoms with E-state index in [4.69, 9.17) is 5.73 Å². The zero-order valence-electron chi connectivity index (χ0n) is 6.74. The van der Waals surface area contributed by atoms with Gasteiger partial charge in [-0.25, -0.2) is 9.97 Å². The number of nitrogens with two attached hydrogens (primary N) is 1. The molecule has 2 aromatic rings. The first-order valence-electron chi connectivity index (χ1n) is 3.73. The van der Waals surface area contributed by atoms with Crippen LogP contribution in [0.25, 0.3) is 11.0 Å². The number of pyridine rings is 1. The van der Waals surface area contributed by atoms with Crippen LogP contribution < -0.4 is 5.73 Å². The third-order valence-corrected chi connectivity index (χ3v) is 2.31. The Bertz CT molecular complexity index is 443. The summed E-state index contributed by atoms with van der Waals surface area (Å²) in [5, 5.41) is 1.69. The van der Waals surface area contributed by atoms with Crippen molar-refractivity contribution in [3.05, 3.63) is 24.0 Å². The summed E-state index contributed by atoms with van der Waals surface area (Å²) in [7, 11) is 0. The molecule has 66 valence electrons. The van der Waals surface area contributed by atoms with E-state index in [-0.39, 0.29) is 5.95 Å². The molecule has 4 nitrogen and oxygen atoms in total. The first kappa shape index (κ1) is 8.37. The minimum absolute atomic E-state index is 0.256. The number of hydrogen-bond acceptors (Lipinski definition) is 4. The number of nitrogen functional groups attached to an aromatic ring is 1. The lowest BCUT2D eigenvalue weighted by Crippen LogP contribution is -1.95. The summed E-state index contributed by atoms with van der Waals surface area (Å²) in [6.07, 6.45) is 3.44. The number of rotatable bonds is 1. The Morgan fingerprint density at radius 3 is 2.92 bits per heavy atom. The molecule has 0 atom stereocenters. The van der Waals surface area contributed by atoms with E-state index in [1.807, 2.05) is 6.07 Å². The van der Waals surface area contributed by atoms with Gasteiger partial charge in [0.1, 0.15) is 0 Å². The second-order valence-electron chi connectivity index (χ2n) is 2.62. The van der Waals surface area contributed by atoms with Crippen LogP contribution >= 0.6 is 15.9 Å². The SMILES string of the molecule is Nc1ncc2cc(CBr)cnc2n1. The highest BCUT2D eigenvalue weighted by molar-refractivity contribution is 9.08. The Labute approximate surface area is 83.3 Å². The van der Waals surface area contributed by atoms with E-state index >= 15 is 0 Å². The summed E-state index contributed by atoms with van der Waals surface area (Å²) < 4.78 is 0. The highest BCUT2D eigenvalue weighted by Gasteiger charge is 1.99. The van der Waals surface area contributed by atoms with E-state index in [0.29, 0.717) is 5.65 Å². The molecule has 2 N–H and O–H groups in total. The quantitative estimate of drug-likeness (QED) is 0.766. The number of hydrogen-bond donors (Lipinski definition) is 1. The lowest BCUT2D eigenvalue weighted by atomic mass is 10.2. The predicted molar refractivity (Wildman–Crippen MR) is 54.4 cm³/mol. The Hall–Kier alpha value is -1.23. The third-order valence-electron chi connectivity index (χ3n) is 1.66. The number of fused-ring (bicyclic) bond motifs is 1. The maximum atomic E-state index is 5.42. The van der Waals surface area contributed by atoms with Gasteiger partial charge < -0.3 is 5.73 Å². The van der Waals surface area contributed by atoms with Gasteiger partial charge in [-0.1, -0.05) is 15.9 Å². The second kappa shape index (κ2) is 3.26. The van der Waals surface area contributed by atoms with Crippen molar-refractivity contribution in [3.8, 4) is 0 Å². The highest BCUT2D eigenvalue weighted by Crippen LogP contribution is 2.12. The summed E-state index contributed by atoms with van der Waals surface area (Å²) in [5.41, 5.74) is 7.16. The topological polar surface area (TPSA) is 64.7 Å². The summed E-state index contributed by atoms with van der Waals surface area (Å²) in [6.45, 7) is 0. The van der Waals surface area contributed by atoms with Crippen molar-refractivity contribution < 1.29 is 0 Å². The van der Waals surface area contributed by atoms with Crippen LogP contribution in [-0.2, 0) is 5.33 Å². The first-order valence-corrected chi connectivity index (χ1v) is 4.85. The average molecular weight is 239 g/mol. The second-order valence-corrected chi connectivity index (χ2v) is 3.18. The molecule has 0 saturated heterocycles. The molecule has 2 aromatic heterocycles. The molecular weight excluding hydrogens is 232 g/mol. The van der Waals surface area contributed by atoms with Gasteiger partial charge in [-0.15, -0.1) is 0 Å². The number of aromatic nitrogens is 3.